The average Bonchev–Trinajstić information content (AvgIpc) is 3.08. The van der Waals surface area contributed by atoms with Gasteiger partial charge in [0, 0.05) is 36.5 Å². The lowest BCUT2D eigenvalue weighted by Crippen LogP contribution is -2.35. The Labute approximate surface area is 166 Å². The van der Waals surface area contributed by atoms with E-state index in [1.807, 2.05) is 41.8 Å². The van der Waals surface area contributed by atoms with Crippen molar-refractivity contribution >= 4 is 22.2 Å². The lowest BCUT2D eigenvalue weighted by molar-refractivity contribution is 0.102. The summed E-state index contributed by atoms with van der Waals surface area (Å²) in [6.07, 6.45) is 2.48. The molecule has 0 aliphatic heterocycles. The van der Waals surface area contributed by atoms with Crippen LogP contribution >= 0.6 is 0 Å². The highest BCUT2D eigenvalue weighted by atomic mass is 16.5. The number of aromatic nitrogens is 3. The van der Waals surface area contributed by atoms with Gasteiger partial charge in [-0.25, -0.2) is 4.79 Å². The van der Waals surface area contributed by atoms with Gasteiger partial charge in [0.05, 0.1) is 23.2 Å². The molecule has 4 rings (SSSR count). The predicted octanol–water partition coefficient (Wildman–Crippen LogP) is 2.73. The van der Waals surface area contributed by atoms with E-state index in [0.717, 1.165) is 11.1 Å². The third-order valence-electron chi connectivity index (χ3n) is 4.96. The first-order chi connectivity index (χ1) is 14.0. The number of nitrogens with one attached hydrogen (secondary N) is 1. The van der Waals surface area contributed by atoms with Crippen molar-refractivity contribution < 1.29 is 9.53 Å². The normalized spacial score (nSPS) is 11.4. The van der Waals surface area contributed by atoms with Crippen LogP contribution in [0.4, 0.5) is 0 Å². The van der Waals surface area contributed by atoms with Crippen molar-refractivity contribution in [1.29, 1.82) is 0 Å². The second-order valence-electron chi connectivity index (χ2n) is 6.92. The summed E-state index contributed by atoms with van der Waals surface area (Å²) in [4.78, 5) is 41.0. The molecule has 1 aromatic carbocycles. The molecule has 29 heavy (non-hydrogen) atoms. The highest BCUT2D eigenvalue weighted by Crippen LogP contribution is 2.22. The number of hydrogen-bond acceptors (Lipinski definition) is 4. The number of benzene rings is 1. The molecule has 0 aliphatic rings. The van der Waals surface area contributed by atoms with Crippen LogP contribution in [0.5, 0.6) is 0 Å². The van der Waals surface area contributed by atoms with Gasteiger partial charge in [-0.1, -0.05) is 13.0 Å². The third kappa shape index (κ3) is 3.19. The third-order valence-corrected chi connectivity index (χ3v) is 4.96. The van der Waals surface area contributed by atoms with Crippen LogP contribution in [0.15, 0.2) is 58.3 Å². The Bertz CT molecular complexity index is 1340. The van der Waals surface area contributed by atoms with E-state index in [-0.39, 0.29) is 5.78 Å². The minimum atomic E-state index is -0.441. The number of nitrogens with zero attached hydrogens (tertiary/aromatic N) is 2. The van der Waals surface area contributed by atoms with E-state index in [9.17, 15) is 14.4 Å². The quantitative estimate of drug-likeness (QED) is 0.512. The molecule has 4 aromatic rings. The van der Waals surface area contributed by atoms with E-state index in [4.69, 9.17) is 4.74 Å². The van der Waals surface area contributed by atoms with Gasteiger partial charge in [-0.2, -0.15) is 0 Å². The summed E-state index contributed by atoms with van der Waals surface area (Å²) < 4.78 is 8.26. The summed E-state index contributed by atoms with van der Waals surface area (Å²) in [5.74, 6) is -0.210. The number of aromatic amines is 1. The largest absolute Gasteiger partial charge is 0.380 e. The van der Waals surface area contributed by atoms with Crippen molar-refractivity contribution in [1.82, 2.24) is 14.0 Å². The molecule has 0 unspecified atom stereocenters. The first-order valence-corrected chi connectivity index (χ1v) is 9.44. The first kappa shape index (κ1) is 18.9. The summed E-state index contributed by atoms with van der Waals surface area (Å²) in [7, 11) is 1.58. The number of ketones is 1. The molecule has 0 atom stereocenters. The molecule has 148 valence electrons. The molecule has 7 heteroatoms. The molecule has 7 nitrogen and oxygen atoms in total. The molecule has 0 bridgehead atoms. The van der Waals surface area contributed by atoms with Crippen LogP contribution in [0, 0.1) is 0 Å². The van der Waals surface area contributed by atoms with E-state index in [1.165, 1.54) is 4.57 Å². The smallest absolute Gasteiger partial charge is 0.328 e. The molecule has 3 aromatic heterocycles. The Balaban J connectivity index is 1.90. The van der Waals surface area contributed by atoms with Crippen LogP contribution < -0.4 is 11.2 Å². The number of hydrogen-bond donors (Lipinski definition) is 1. The summed E-state index contributed by atoms with van der Waals surface area (Å²) >= 11 is 0. The van der Waals surface area contributed by atoms with Crippen molar-refractivity contribution in [2.24, 2.45) is 0 Å². The predicted molar refractivity (Wildman–Crippen MR) is 111 cm³/mol. The van der Waals surface area contributed by atoms with E-state index >= 15 is 0 Å². The van der Waals surface area contributed by atoms with Gasteiger partial charge < -0.3 is 14.1 Å². The number of ether oxygens (including phenoxy) is 1. The van der Waals surface area contributed by atoms with Crippen molar-refractivity contribution in [3.63, 3.8) is 0 Å². The zero-order chi connectivity index (χ0) is 20.5. The highest BCUT2D eigenvalue weighted by molar-refractivity contribution is 6.11. The van der Waals surface area contributed by atoms with Crippen LogP contribution in [0.25, 0.3) is 16.4 Å². The van der Waals surface area contributed by atoms with Gasteiger partial charge in [0.15, 0.2) is 0 Å². The maximum atomic E-state index is 13.4. The topological polar surface area (TPSA) is 85.6 Å². The Morgan fingerprint density at radius 3 is 2.72 bits per heavy atom. The minimum Gasteiger partial charge on any atom is -0.380 e. The monoisotopic (exact) mass is 391 g/mol. The van der Waals surface area contributed by atoms with Gasteiger partial charge in [0.25, 0.3) is 5.56 Å². The maximum Gasteiger partial charge on any atom is 0.328 e. The van der Waals surface area contributed by atoms with Gasteiger partial charge in [0.1, 0.15) is 0 Å². The summed E-state index contributed by atoms with van der Waals surface area (Å²) in [5, 5.41) is 0.318. The molecule has 0 fully saturated rings. The SMILES string of the molecule is CCCn1c(=O)[nH]c2ccc(C(=O)c3c(COC)cc4ccccn34)cc2c1=O. The number of fused-ring (bicyclic) bond motifs is 2. The van der Waals surface area contributed by atoms with Crippen LogP contribution in [-0.4, -0.2) is 26.8 Å². The Morgan fingerprint density at radius 1 is 1.14 bits per heavy atom. The van der Waals surface area contributed by atoms with Crippen LogP contribution in [0.2, 0.25) is 0 Å². The Kier molecular flexibility index (Phi) is 4.90. The van der Waals surface area contributed by atoms with Gasteiger partial charge in [0.2, 0.25) is 5.78 Å². The molecule has 3 heterocycles. The van der Waals surface area contributed by atoms with Crippen molar-refractivity contribution in [3.8, 4) is 0 Å². The van der Waals surface area contributed by atoms with E-state index in [0.29, 0.717) is 41.7 Å². The Hall–Kier alpha value is -3.45. The zero-order valence-corrected chi connectivity index (χ0v) is 16.3. The molecule has 0 amide bonds. The molecule has 0 saturated heterocycles. The number of carbonyl (C=O) groups is 1. The fourth-order valence-electron chi connectivity index (χ4n) is 3.66. The van der Waals surface area contributed by atoms with Crippen molar-refractivity contribution in [3.05, 3.63) is 86.3 Å². The standard InChI is InChI=1S/C22H21N3O4/c1-3-9-25-21(27)17-12-14(7-8-18(17)23-22(25)28)20(26)19-15(13-29-2)11-16-6-4-5-10-24(16)19/h4-8,10-12H,3,9,13H2,1-2H3,(H,23,28). The summed E-state index contributed by atoms with van der Waals surface area (Å²) in [6.45, 7) is 2.52. The lowest BCUT2D eigenvalue weighted by Gasteiger charge is -2.08. The van der Waals surface area contributed by atoms with Crippen LogP contribution in [0.1, 0.15) is 35.0 Å². The lowest BCUT2D eigenvalue weighted by atomic mass is 10.0. The van der Waals surface area contributed by atoms with Crippen LogP contribution in [-0.2, 0) is 17.9 Å². The summed E-state index contributed by atoms with van der Waals surface area (Å²) in [6, 6.07) is 12.4. The second-order valence-corrected chi connectivity index (χ2v) is 6.92. The number of H-pyrrole nitrogens is 1. The van der Waals surface area contributed by atoms with Gasteiger partial charge in [-0.05, 0) is 42.8 Å². The number of methoxy groups -OCH3 is 1. The molecular formula is C22H21N3O4. The van der Waals surface area contributed by atoms with Gasteiger partial charge >= 0.3 is 5.69 Å². The van der Waals surface area contributed by atoms with E-state index < -0.39 is 11.2 Å². The maximum absolute atomic E-state index is 13.4. The highest BCUT2D eigenvalue weighted by Gasteiger charge is 2.20. The zero-order valence-electron chi connectivity index (χ0n) is 16.3. The Morgan fingerprint density at radius 2 is 1.97 bits per heavy atom. The molecular weight excluding hydrogens is 370 g/mol. The van der Waals surface area contributed by atoms with Crippen molar-refractivity contribution in [2.75, 3.05) is 7.11 Å². The molecule has 0 spiro atoms. The fraction of sp³-hybridized carbons (Fsp3) is 0.227. The minimum absolute atomic E-state index is 0.210. The number of carbonyl (C=O) groups excluding carboxylic acids is 1. The fourth-order valence-corrected chi connectivity index (χ4v) is 3.66. The molecule has 0 radical (unpaired) electrons. The second kappa shape index (κ2) is 7.52. The number of pyridine rings is 1. The molecule has 1 N–H and O–H groups in total. The van der Waals surface area contributed by atoms with Crippen molar-refractivity contribution in [2.45, 2.75) is 26.5 Å². The van der Waals surface area contributed by atoms with Gasteiger partial charge in [-0.15, -0.1) is 0 Å². The van der Waals surface area contributed by atoms with E-state index in [1.54, 1.807) is 25.3 Å². The molecule has 0 aliphatic carbocycles. The van der Waals surface area contributed by atoms with E-state index in [2.05, 4.69) is 4.98 Å². The number of rotatable bonds is 6. The first-order valence-electron chi connectivity index (χ1n) is 9.44. The molecule has 0 saturated carbocycles. The van der Waals surface area contributed by atoms with Gasteiger partial charge in [-0.3, -0.25) is 14.2 Å². The summed E-state index contributed by atoms with van der Waals surface area (Å²) in [5.41, 5.74) is 2.12. The van der Waals surface area contributed by atoms with Crippen LogP contribution in [0.3, 0.4) is 0 Å². The average molecular weight is 391 g/mol.